The molecule has 6 heteroatoms. The lowest BCUT2D eigenvalue weighted by Gasteiger charge is -2.33. The van der Waals surface area contributed by atoms with Crippen molar-refractivity contribution in [3.63, 3.8) is 0 Å². The van der Waals surface area contributed by atoms with Gasteiger partial charge in [-0.1, -0.05) is 13.8 Å². The minimum absolute atomic E-state index is 0.0557. The number of hydrogen-bond acceptors (Lipinski definition) is 3. The van der Waals surface area contributed by atoms with Crippen molar-refractivity contribution in [2.45, 2.75) is 33.2 Å². The molecule has 0 aromatic carbocycles. The van der Waals surface area contributed by atoms with Crippen molar-refractivity contribution in [2.24, 2.45) is 11.3 Å². The summed E-state index contributed by atoms with van der Waals surface area (Å²) in [5.41, 5.74) is 0.146. The van der Waals surface area contributed by atoms with E-state index in [2.05, 4.69) is 13.8 Å². The van der Waals surface area contributed by atoms with Crippen LogP contribution in [-0.4, -0.2) is 65.8 Å². The average Bonchev–Trinajstić information content (AvgIpc) is 2.96. The topological polar surface area (TPSA) is 70.1 Å². The number of hydrogen-bond donors (Lipinski definition) is 1. The molecule has 2 atom stereocenters. The second kappa shape index (κ2) is 5.60. The fourth-order valence-corrected chi connectivity index (χ4v) is 3.05. The smallest absolute Gasteiger partial charge is 0.320 e. The molecular weight excluding hydrogens is 260 g/mol. The minimum atomic E-state index is -0.888. The van der Waals surface area contributed by atoms with Gasteiger partial charge >= 0.3 is 12.0 Å². The lowest BCUT2D eigenvalue weighted by atomic mass is 9.93. The van der Waals surface area contributed by atoms with Crippen molar-refractivity contribution in [3.05, 3.63) is 0 Å². The largest absolute Gasteiger partial charge is 0.481 e. The molecule has 2 aliphatic rings. The van der Waals surface area contributed by atoms with E-state index in [-0.39, 0.29) is 24.1 Å². The molecule has 1 N–H and O–H groups in total. The number of ether oxygens (including phenoxy) is 1. The van der Waals surface area contributed by atoms with Gasteiger partial charge in [-0.2, -0.15) is 0 Å². The lowest BCUT2D eigenvalue weighted by molar-refractivity contribution is -0.142. The molecule has 2 saturated heterocycles. The number of likely N-dealkylation sites (tertiary alicyclic amines) is 1. The first-order valence-electron chi connectivity index (χ1n) is 7.22. The fraction of sp³-hybridized carbons (Fsp3) is 0.857. The lowest BCUT2D eigenvalue weighted by Crippen LogP contribution is -2.51. The fourth-order valence-electron chi connectivity index (χ4n) is 3.05. The summed E-state index contributed by atoms with van der Waals surface area (Å²) in [6.45, 7) is 8.67. The highest BCUT2D eigenvalue weighted by Crippen LogP contribution is 2.30. The van der Waals surface area contributed by atoms with Gasteiger partial charge < -0.3 is 19.6 Å². The molecule has 0 spiro atoms. The Bertz CT molecular complexity index is 397. The van der Waals surface area contributed by atoms with E-state index < -0.39 is 11.9 Å². The predicted molar refractivity (Wildman–Crippen MR) is 73.5 cm³/mol. The zero-order valence-electron chi connectivity index (χ0n) is 12.5. The minimum Gasteiger partial charge on any atom is -0.481 e. The first kappa shape index (κ1) is 15.1. The molecule has 0 radical (unpaired) electrons. The molecular formula is C14H24N2O4. The number of carboxylic acid groups (broad SMARTS) is 1. The molecule has 0 bridgehead atoms. The molecule has 2 fully saturated rings. The molecule has 0 saturated carbocycles. The van der Waals surface area contributed by atoms with Crippen LogP contribution < -0.4 is 0 Å². The van der Waals surface area contributed by atoms with Gasteiger partial charge in [0.1, 0.15) is 5.92 Å². The van der Waals surface area contributed by atoms with Crippen molar-refractivity contribution in [3.8, 4) is 0 Å². The zero-order chi connectivity index (χ0) is 14.9. The number of urea groups is 1. The Morgan fingerprint density at radius 3 is 2.60 bits per heavy atom. The first-order chi connectivity index (χ1) is 9.35. The van der Waals surface area contributed by atoms with Crippen LogP contribution in [0.4, 0.5) is 4.79 Å². The highest BCUT2D eigenvalue weighted by Gasteiger charge is 2.42. The highest BCUT2D eigenvalue weighted by atomic mass is 16.5. The Morgan fingerprint density at radius 1 is 1.40 bits per heavy atom. The number of amides is 2. The Balaban J connectivity index is 2.08. The van der Waals surface area contributed by atoms with Crippen molar-refractivity contribution < 1.29 is 19.4 Å². The second-order valence-electron chi connectivity index (χ2n) is 6.45. The van der Waals surface area contributed by atoms with Gasteiger partial charge in [0.25, 0.3) is 0 Å². The van der Waals surface area contributed by atoms with E-state index >= 15 is 0 Å². The maximum Gasteiger partial charge on any atom is 0.320 e. The van der Waals surface area contributed by atoms with Gasteiger partial charge in [-0.05, 0) is 18.8 Å². The van der Waals surface area contributed by atoms with Crippen LogP contribution in [-0.2, 0) is 9.53 Å². The monoisotopic (exact) mass is 284 g/mol. The normalized spacial score (nSPS) is 28.6. The van der Waals surface area contributed by atoms with Crippen molar-refractivity contribution in [1.82, 2.24) is 9.80 Å². The average molecular weight is 284 g/mol. The molecule has 6 nitrogen and oxygen atoms in total. The Morgan fingerprint density at radius 2 is 2.10 bits per heavy atom. The van der Waals surface area contributed by atoms with Gasteiger partial charge in [-0.15, -0.1) is 0 Å². The summed E-state index contributed by atoms with van der Waals surface area (Å²) in [6.07, 6.45) is 0.986. The molecule has 2 amide bonds. The Labute approximate surface area is 119 Å². The van der Waals surface area contributed by atoms with Gasteiger partial charge in [-0.25, -0.2) is 4.79 Å². The highest BCUT2D eigenvalue weighted by molar-refractivity contribution is 5.77. The van der Waals surface area contributed by atoms with E-state index in [0.717, 1.165) is 19.5 Å². The molecule has 0 aromatic rings. The van der Waals surface area contributed by atoms with E-state index in [4.69, 9.17) is 4.74 Å². The van der Waals surface area contributed by atoms with Crippen molar-refractivity contribution >= 4 is 12.0 Å². The number of carboxylic acids is 1. The summed E-state index contributed by atoms with van der Waals surface area (Å²) in [5.74, 6) is -1.50. The third-order valence-electron chi connectivity index (χ3n) is 4.30. The Kier molecular flexibility index (Phi) is 4.22. The van der Waals surface area contributed by atoms with E-state index in [1.54, 1.807) is 4.90 Å². The second-order valence-corrected chi connectivity index (χ2v) is 6.45. The Hall–Kier alpha value is -1.30. The molecule has 20 heavy (non-hydrogen) atoms. The zero-order valence-corrected chi connectivity index (χ0v) is 12.5. The van der Waals surface area contributed by atoms with Gasteiger partial charge in [0.15, 0.2) is 0 Å². The number of nitrogens with zero attached hydrogens (tertiary/aromatic N) is 2. The van der Waals surface area contributed by atoms with Crippen LogP contribution in [0.5, 0.6) is 0 Å². The molecule has 2 aliphatic heterocycles. The number of rotatable bonds is 3. The molecule has 2 heterocycles. The maximum absolute atomic E-state index is 12.6. The summed E-state index contributed by atoms with van der Waals surface area (Å²) in [6, 6.07) is -0.409. The van der Waals surface area contributed by atoms with Crippen LogP contribution in [0.1, 0.15) is 27.2 Å². The number of aliphatic carboxylic acids is 1. The van der Waals surface area contributed by atoms with Crippen LogP contribution in [0, 0.1) is 11.3 Å². The van der Waals surface area contributed by atoms with Gasteiger partial charge in [0, 0.05) is 19.6 Å². The molecule has 114 valence electrons. The van der Waals surface area contributed by atoms with E-state index in [1.165, 1.54) is 0 Å². The predicted octanol–water partition coefficient (Wildman–Crippen LogP) is 1.26. The number of likely N-dealkylation sites (N-methyl/N-ethyl adjacent to an activating group) is 1. The summed E-state index contributed by atoms with van der Waals surface area (Å²) in [5, 5.41) is 9.23. The van der Waals surface area contributed by atoms with Gasteiger partial charge in [0.05, 0.1) is 19.3 Å². The molecule has 2 rings (SSSR count). The SMILES string of the molecule is CCN(C(=O)N1CCC(C)(C)C1)C1COCC1C(=O)O. The van der Waals surface area contributed by atoms with Crippen LogP contribution >= 0.6 is 0 Å². The van der Waals surface area contributed by atoms with Crippen molar-refractivity contribution in [2.75, 3.05) is 32.8 Å². The third kappa shape index (κ3) is 2.90. The summed E-state index contributed by atoms with van der Waals surface area (Å²) < 4.78 is 5.27. The van der Waals surface area contributed by atoms with E-state index in [0.29, 0.717) is 13.2 Å². The van der Waals surface area contributed by atoms with Crippen molar-refractivity contribution in [1.29, 1.82) is 0 Å². The standard InChI is InChI=1S/C14H24N2O4/c1-4-16(11-8-20-7-10(11)12(17)18)13(19)15-6-5-14(2,3)9-15/h10-11H,4-9H2,1-3H3,(H,17,18). The molecule has 2 unspecified atom stereocenters. The summed E-state index contributed by atoms with van der Waals surface area (Å²) in [4.78, 5) is 27.4. The van der Waals surface area contributed by atoms with Crippen LogP contribution in [0.15, 0.2) is 0 Å². The third-order valence-corrected chi connectivity index (χ3v) is 4.30. The maximum atomic E-state index is 12.6. The molecule has 0 aromatic heterocycles. The van der Waals surface area contributed by atoms with Crippen LogP contribution in [0.25, 0.3) is 0 Å². The summed E-state index contributed by atoms with van der Waals surface area (Å²) in [7, 11) is 0. The van der Waals surface area contributed by atoms with Gasteiger partial charge in [-0.3, -0.25) is 4.79 Å². The van der Waals surface area contributed by atoms with Gasteiger partial charge in [0.2, 0.25) is 0 Å². The number of carbonyl (C=O) groups is 2. The quantitative estimate of drug-likeness (QED) is 0.847. The van der Waals surface area contributed by atoms with E-state index in [9.17, 15) is 14.7 Å². The van der Waals surface area contributed by atoms with Crippen LogP contribution in [0.2, 0.25) is 0 Å². The van der Waals surface area contributed by atoms with E-state index in [1.807, 2.05) is 11.8 Å². The number of carbonyl (C=O) groups excluding carboxylic acids is 1. The van der Waals surface area contributed by atoms with Crippen LogP contribution in [0.3, 0.4) is 0 Å². The molecule has 0 aliphatic carbocycles. The summed E-state index contributed by atoms with van der Waals surface area (Å²) >= 11 is 0. The first-order valence-corrected chi connectivity index (χ1v) is 7.22.